The molecule has 0 aromatic carbocycles. The minimum atomic E-state index is 0.527. The molecule has 6 heteroatoms. The molecule has 0 aliphatic carbocycles. The van der Waals surface area contributed by atoms with Crippen molar-refractivity contribution in [1.29, 1.82) is 0 Å². The summed E-state index contributed by atoms with van der Waals surface area (Å²) in [7, 11) is 0. The molecule has 2 aromatic heterocycles. The van der Waals surface area contributed by atoms with Crippen LogP contribution in [0.1, 0.15) is 18.4 Å². The lowest BCUT2D eigenvalue weighted by Crippen LogP contribution is -2.12. The molecule has 0 unspecified atom stereocenters. The quantitative estimate of drug-likeness (QED) is 0.876. The van der Waals surface area contributed by atoms with Crippen LogP contribution in [0, 0.1) is 6.92 Å². The highest BCUT2D eigenvalue weighted by Gasteiger charge is 2.09. The maximum absolute atomic E-state index is 5.33. The molecule has 2 rings (SSSR count). The highest BCUT2D eigenvalue weighted by Crippen LogP contribution is 2.27. The third-order valence-electron chi connectivity index (χ3n) is 2.11. The van der Waals surface area contributed by atoms with Gasteiger partial charge in [-0.1, -0.05) is 13.0 Å². The van der Waals surface area contributed by atoms with Crippen molar-refractivity contribution in [3.05, 3.63) is 29.8 Å². The van der Waals surface area contributed by atoms with Crippen LogP contribution in [0.5, 0.6) is 0 Å². The summed E-state index contributed by atoms with van der Waals surface area (Å²) in [6, 6.07) is 3.97. The number of aryl methyl sites for hydroxylation is 1. The largest absolute Gasteiger partial charge is 0.416 e. The molecule has 0 spiro atoms. The predicted molar refractivity (Wildman–Crippen MR) is 64.8 cm³/mol. The summed E-state index contributed by atoms with van der Waals surface area (Å²) < 4.78 is 5.33. The Morgan fingerprint density at radius 2 is 2.29 bits per heavy atom. The third-order valence-corrected chi connectivity index (χ3v) is 3.01. The van der Waals surface area contributed by atoms with E-state index in [2.05, 4.69) is 27.4 Å². The average molecular weight is 250 g/mol. The predicted octanol–water partition coefficient (Wildman–Crippen LogP) is 2.03. The molecule has 0 bridgehead atoms. The first-order valence-electron chi connectivity index (χ1n) is 5.42. The van der Waals surface area contributed by atoms with Crippen LogP contribution in [0.2, 0.25) is 0 Å². The first-order valence-corrected chi connectivity index (χ1v) is 6.24. The SMILES string of the molecule is CCNCc1cccnc1Sc1nnc(C)o1. The lowest BCUT2D eigenvalue weighted by Gasteiger charge is -2.05. The van der Waals surface area contributed by atoms with Gasteiger partial charge in [0.2, 0.25) is 5.89 Å². The Hall–Kier alpha value is -1.40. The highest BCUT2D eigenvalue weighted by molar-refractivity contribution is 7.99. The van der Waals surface area contributed by atoms with Gasteiger partial charge in [-0.3, -0.25) is 0 Å². The van der Waals surface area contributed by atoms with E-state index in [0.717, 1.165) is 23.7 Å². The van der Waals surface area contributed by atoms with Gasteiger partial charge in [-0.05, 0) is 29.9 Å². The summed E-state index contributed by atoms with van der Waals surface area (Å²) in [5.74, 6) is 0.566. The second kappa shape index (κ2) is 5.79. The van der Waals surface area contributed by atoms with E-state index in [-0.39, 0.29) is 0 Å². The Kier molecular flexibility index (Phi) is 4.11. The van der Waals surface area contributed by atoms with Gasteiger partial charge in [0.05, 0.1) is 0 Å². The van der Waals surface area contributed by atoms with Gasteiger partial charge >= 0.3 is 0 Å². The zero-order chi connectivity index (χ0) is 12.1. The van der Waals surface area contributed by atoms with Gasteiger partial charge in [0.25, 0.3) is 5.22 Å². The van der Waals surface area contributed by atoms with Gasteiger partial charge in [0, 0.05) is 19.7 Å². The van der Waals surface area contributed by atoms with E-state index in [1.807, 2.05) is 12.1 Å². The number of hydrogen-bond donors (Lipinski definition) is 1. The van der Waals surface area contributed by atoms with Crippen LogP contribution in [0.15, 0.2) is 33.0 Å². The molecular formula is C11H14N4OS. The molecule has 0 saturated heterocycles. The fraction of sp³-hybridized carbons (Fsp3) is 0.364. The molecule has 0 aliphatic heterocycles. The number of pyridine rings is 1. The van der Waals surface area contributed by atoms with Crippen molar-refractivity contribution in [2.75, 3.05) is 6.54 Å². The third kappa shape index (κ3) is 3.28. The van der Waals surface area contributed by atoms with Crippen LogP contribution in [0.3, 0.4) is 0 Å². The maximum Gasteiger partial charge on any atom is 0.282 e. The average Bonchev–Trinajstić information content (AvgIpc) is 2.74. The van der Waals surface area contributed by atoms with Crippen LogP contribution < -0.4 is 5.32 Å². The smallest absolute Gasteiger partial charge is 0.282 e. The van der Waals surface area contributed by atoms with Gasteiger partial charge in [0.15, 0.2) is 0 Å². The Morgan fingerprint density at radius 3 is 3.00 bits per heavy atom. The first-order chi connectivity index (χ1) is 8.29. The maximum atomic E-state index is 5.33. The minimum Gasteiger partial charge on any atom is -0.416 e. The number of nitrogens with zero attached hydrogens (tertiary/aromatic N) is 3. The molecule has 2 aromatic rings. The highest BCUT2D eigenvalue weighted by atomic mass is 32.2. The molecule has 17 heavy (non-hydrogen) atoms. The number of nitrogens with one attached hydrogen (secondary N) is 1. The molecule has 0 amide bonds. The van der Waals surface area contributed by atoms with Crippen molar-refractivity contribution in [2.45, 2.75) is 30.6 Å². The number of hydrogen-bond acceptors (Lipinski definition) is 6. The summed E-state index contributed by atoms with van der Waals surface area (Å²) in [6.45, 7) is 5.57. The molecule has 90 valence electrons. The van der Waals surface area contributed by atoms with Crippen molar-refractivity contribution in [2.24, 2.45) is 0 Å². The van der Waals surface area contributed by atoms with Gasteiger partial charge in [-0.15, -0.1) is 10.2 Å². The minimum absolute atomic E-state index is 0.527. The summed E-state index contributed by atoms with van der Waals surface area (Å²) in [6.07, 6.45) is 1.76. The van der Waals surface area contributed by atoms with Crippen molar-refractivity contribution >= 4 is 11.8 Å². The van der Waals surface area contributed by atoms with E-state index in [4.69, 9.17) is 4.42 Å². The number of rotatable bonds is 5. The zero-order valence-corrected chi connectivity index (χ0v) is 10.6. The lowest BCUT2D eigenvalue weighted by atomic mass is 10.3. The van der Waals surface area contributed by atoms with E-state index in [1.54, 1.807) is 13.1 Å². The summed E-state index contributed by atoms with van der Waals surface area (Å²) in [5.41, 5.74) is 1.13. The van der Waals surface area contributed by atoms with E-state index in [1.165, 1.54) is 11.8 Å². The normalized spacial score (nSPS) is 10.7. The van der Waals surface area contributed by atoms with Gasteiger partial charge in [0.1, 0.15) is 5.03 Å². The molecular weight excluding hydrogens is 236 g/mol. The monoisotopic (exact) mass is 250 g/mol. The Morgan fingerprint density at radius 1 is 1.41 bits per heavy atom. The Bertz CT molecular complexity index is 486. The van der Waals surface area contributed by atoms with Crippen molar-refractivity contribution in [1.82, 2.24) is 20.5 Å². The van der Waals surface area contributed by atoms with Crippen LogP contribution in [-0.4, -0.2) is 21.7 Å². The van der Waals surface area contributed by atoms with Crippen LogP contribution in [0.4, 0.5) is 0 Å². The molecule has 0 radical (unpaired) electrons. The molecule has 5 nitrogen and oxygen atoms in total. The van der Waals surface area contributed by atoms with Gasteiger partial charge in [-0.2, -0.15) is 0 Å². The van der Waals surface area contributed by atoms with E-state index in [9.17, 15) is 0 Å². The topological polar surface area (TPSA) is 63.8 Å². The van der Waals surface area contributed by atoms with Crippen LogP contribution in [0.25, 0.3) is 0 Å². The summed E-state index contributed by atoms with van der Waals surface area (Å²) >= 11 is 1.39. The number of aromatic nitrogens is 3. The van der Waals surface area contributed by atoms with Crippen molar-refractivity contribution < 1.29 is 4.42 Å². The fourth-order valence-electron chi connectivity index (χ4n) is 1.31. The fourth-order valence-corrected chi connectivity index (χ4v) is 2.11. The molecule has 0 fully saturated rings. The van der Waals surface area contributed by atoms with Crippen LogP contribution in [-0.2, 0) is 6.54 Å². The Labute approximate surface area is 104 Å². The molecule has 1 N–H and O–H groups in total. The Balaban J connectivity index is 2.14. The second-order valence-electron chi connectivity index (χ2n) is 3.44. The summed E-state index contributed by atoms with van der Waals surface area (Å²) in [4.78, 5) is 4.33. The van der Waals surface area contributed by atoms with Crippen molar-refractivity contribution in [3.63, 3.8) is 0 Å². The summed E-state index contributed by atoms with van der Waals surface area (Å²) in [5, 5.41) is 12.4. The second-order valence-corrected chi connectivity index (χ2v) is 4.38. The standard InChI is InChI=1S/C11H14N4OS/c1-3-12-7-9-5-4-6-13-10(9)17-11-15-14-8(2)16-11/h4-6,12H,3,7H2,1-2H3. The first kappa shape index (κ1) is 12.1. The molecule has 0 saturated carbocycles. The molecule has 0 aliphatic rings. The van der Waals surface area contributed by atoms with Crippen LogP contribution >= 0.6 is 11.8 Å². The van der Waals surface area contributed by atoms with Gasteiger partial charge < -0.3 is 9.73 Å². The zero-order valence-electron chi connectivity index (χ0n) is 9.80. The molecule has 0 atom stereocenters. The van der Waals surface area contributed by atoms with E-state index >= 15 is 0 Å². The van der Waals surface area contributed by atoms with E-state index < -0.39 is 0 Å². The van der Waals surface area contributed by atoms with E-state index in [0.29, 0.717) is 11.1 Å². The van der Waals surface area contributed by atoms with Gasteiger partial charge in [-0.25, -0.2) is 4.98 Å². The molecule has 2 heterocycles. The van der Waals surface area contributed by atoms with Crippen molar-refractivity contribution in [3.8, 4) is 0 Å². The lowest BCUT2D eigenvalue weighted by molar-refractivity contribution is 0.429.